The van der Waals surface area contributed by atoms with E-state index in [4.69, 9.17) is 14.6 Å². The fourth-order valence-electron chi connectivity index (χ4n) is 3.83. The van der Waals surface area contributed by atoms with Gasteiger partial charge in [-0.25, -0.2) is 21.6 Å². The number of nitrogens with zero attached hydrogens (tertiary/aromatic N) is 2. The quantitative estimate of drug-likeness (QED) is 0.303. The summed E-state index contributed by atoms with van der Waals surface area (Å²) in [6, 6.07) is 13.0. The van der Waals surface area contributed by atoms with E-state index >= 15 is 0 Å². The Balaban J connectivity index is 1.94. The van der Waals surface area contributed by atoms with Crippen LogP contribution in [0.2, 0.25) is 0 Å². The van der Waals surface area contributed by atoms with Gasteiger partial charge in [-0.3, -0.25) is 4.79 Å². The number of aliphatic hydroxyl groups is 1. The van der Waals surface area contributed by atoms with Crippen LogP contribution in [0.15, 0.2) is 65.7 Å². The number of carbonyl (C=O) groups is 2. The predicted octanol–water partition coefficient (Wildman–Crippen LogP) is 5.01. The van der Waals surface area contributed by atoms with Crippen LogP contribution in [-0.2, 0) is 26.1 Å². The molecule has 0 aliphatic carbocycles. The topological polar surface area (TPSA) is 115 Å². The maximum Gasteiger partial charge on any atom is 0.410 e. The highest BCUT2D eigenvalue weighted by atomic mass is 32.2. The number of carbonyl (C=O) groups excluding carboxylic acids is 2. The largest absolute Gasteiger partial charge is 0.486 e. The lowest BCUT2D eigenvalue weighted by molar-refractivity contribution is -0.121. The summed E-state index contributed by atoms with van der Waals surface area (Å²) in [7, 11) is -2.73. The maximum absolute atomic E-state index is 14.8. The van der Waals surface area contributed by atoms with Gasteiger partial charge in [-0.2, -0.15) is 0 Å². The van der Waals surface area contributed by atoms with Gasteiger partial charge in [0.05, 0.1) is 17.1 Å². The van der Waals surface area contributed by atoms with Crippen molar-refractivity contribution in [2.24, 2.45) is 0 Å². The lowest BCUT2D eigenvalue weighted by Crippen LogP contribution is -2.33. The molecule has 9 nitrogen and oxygen atoms in total. The number of unbranched alkanes of at least 4 members (excludes halogenated alkanes) is 1. The van der Waals surface area contributed by atoms with E-state index in [1.807, 2.05) is 0 Å². The Morgan fingerprint density at radius 2 is 1.77 bits per heavy atom. The molecule has 0 atom stereocenters. The summed E-state index contributed by atoms with van der Waals surface area (Å²) in [6.45, 7) is 5.00. The molecule has 0 radical (unpaired) electrons. The zero-order valence-electron chi connectivity index (χ0n) is 23.1. The number of rotatable bonds is 12. The first kappa shape index (κ1) is 30.8. The average Bonchev–Trinajstić information content (AvgIpc) is 3.31. The number of aliphatic hydroxyl groups excluding tert-OH is 1. The van der Waals surface area contributed by atoms with Crippen LogP contribution in [0.25, 0.3) is 11.3 Å². The van der Waals surface area contributed by atoms with E-state index in [1.165, 1.54) is 66.7 Å². The van der Waals surface area contributed by atoms with Crippen molar-refractivity contribution in [1.82, 2.24) is 8.87 Å². The molecule has 1 heterocycles. The fraction of sp³-hybridized carbons (Fsp3) is 0.379. The number of ether oxygens (including phenoxy) is 2. The van der Waals surface area contributed by atoms with Crippen LogP contribution in [-0.4, -0.2) is 60.1 Å². The molecule has 40 heavy (non-hydrogen) atoms. The molecule has 0 saturated carbocycles. The SMILES string of the molecule is CN(Cc1cc(-c2ccccc2F)n(S(=O)(=O)c2cccc(OCC(=O)CCCCO)c2)c1)C(=O)OC(C)(C)C. The molecule has 2 aromatic carbocycles. The first-order valence-corrected chi connectivity index (χ1v) is 14.3. The van der Waals surface area contributed by atoms with E-state index in [2.05, 4.69) is 0 Å². The van der Waals surface area contributed by atoms with Crippen LogP contribution in [0, 0.1) is 5.82 Å². The second-order valence-corrected chi connectivity index (χ2v) is 12.1. The molecular formula is C29H35FN2O7S. The third-order valence-corrected chi connectivity index (χ3v) is 7.41. The number of hydrogen-bond acceptors (Lipinski definition) is 7. The summed E-state index contributed by atoms with van der Waals surface area (Å²) in [6.07, 6.45) is 2.04. The summed E-state index contributed by atoms with van der Waals surface area (Å²) < 4.78 is 54.3. The Bertz CT molecular complexity index is 1440. The first-order valence-electron chi connectivity index (χ1n) is 12.8. The zero-order chi connectivity index (χ0) is 29.5. The molecule has 11 heteroatoms. The molecule has 0 saturated heterocycles. The summed E-state index contributed by atoms with van der Waals surface area (Å²) >= 11 is 0. The van der Waals surface area contributed by atoms with Gasteiger partial charge in [0.1, 0.15) is 23.8 Å². The molecule has 0 aliphatic heterocycles. The standard InChI is InChI=1S/C29H35FN2O7S/c1-29(2,3)39-28(35)31(4)18-21-16-27(25-13-5-6-14-26(25)30)32(19-21)40(36,37)24-12-9-11-23(17-24)38-20-22(34)10-7-8-15-33/h5-6,9,11-14,16-17,19,33H,7-8,10,15,18,20H2,1-4H3. The Kier molecular flexibility index (Phi) is 10.1. The van der Waals surface area contributed by atoms with Crippen molar-refractivity contribution >= 4 is 21.9 Å². The van der Waals surface area contributed by atoms with E-state index < -0.39 is 27.5 Å². The van der Waals surface area contributed by atoms with Gasteiger partial charge >= 0.3 is 6.09 Å². The van der Waals surface area contributed by atoms with E-state index in [-0.39, 0.29) is 53.9 Å². The molecule has 3 aromatic rings. The minimum Gasteiger partial charge on any atom is -0.486 e. The number of amides is 1. The summed E-state index contributed by atoms with van der Waals surface area (Å²) in [5, 5.41) is 8.86. The van der Waals surface area contributed by atoms with E-state index in [1.54, 1.807) is 26.8 Å². The zero-order valence-corrected chi connectivity index (χ0v) is 23.9. The van der Waals surface area contributed by atoms with Gasteiger partial charge in [0.25, 0.3) is 10.0 Å². The number of benzene rings is 2. The van der Waals surface area contributed by atoms with Crippen molar-refractivity contribution in [3.05, 3.63) is 72.2 Å². The molecule has 0 fully saturated rings. The molecule has 0 aliphatic rings. The van der Waals surface area contributed by atoms with Crippen molar-refractivity contribution in [2.75, 3.05) is 20.3 Å². The number of Topliss-reactive ketones (excluding diaryl/α,β-unsaturated/α-hetero) is 1. The van der Waals surface area contributed by atoms with Crippen LogP contribution >= 0.6 is 0 Å². The van der Waals surface area contributed by atoms with E-state index in [0.717, 1.165) is 3.97 Å². The average molecular weight is 575 g/mol. The molecule has 1 N–H and O–H groups in total. The smallest absolute Gasteiger partial charge is 0.410 e. The van der Waals surface area contributed by atoms with Crippen molar-refractivity contribution in [3.8, 4) is 17.0 Å². The second kappa shape index (κ2) is 13.1. The van der Waals surface area contributed by atoms with Gasteiger partial charge in [-0.15, -0.1) is 0 Å². The van der Waals surface area contributed by atoms with Gasteiger partial charge in [0.2, 0.25) is 0 Å². The lowest BCUT2D eigenvalue weighted by Gasteiger charge is -2.24. The van der Waals surface area contributed by atoms with Crippen LogP contribution in [0.4, 0.5) is 9.18 Å². The third kappa shape index (κ3) is 8.15. The van der Waals surface area contributed by atoms with Crippen LogP contribution in [0.5, 0.6) is 5.75 Å². The summed E-state index contributed by atoms with van der Waals surface area (Å²) in [4.78, 5) is 25.7. The Hall–Kier alpha value is -3.70. The highest BCUT2D eigenvalue weighted by Crippen LogP contribution is 2.30. The number of halogens is 1. The summed E-state index contributed by atoms with van der Waals surface area (Å²) in [5.74, 6) is -0.602. The van der Waals surface area contributed by atoms with Gasteiger partial charge in [0.15, 0.2) is 5.78 Å². The van der Waals surface area contributed by atoms with E-state index in [9.17, 15) is 22.4 Å². The van der Waals surface area contributed by atoms with Crippen LogP contribution in [0.1, 0.15) is 45.6 Å². The number of ketones is 1. The van der Waals surface area contributed by atoms with E-state index in [0.29, 0.717) is 18.4 Å². The number of hydrogen-bond donors (Lipinski definition) is 1. The molecule has 216 valence electrons. The van der Waals surface area contributed by atoms with Gasteiger partial charge in [-0.1, -0.05) is 18.2 Å². The Morgan fingerprint density at radius 3 is 2.45 bits per heavy atom. The molecule has 0 unspecified atom stereocenters. The minimum absolute atomic E-state index is 0.00130. The second-order valence-electron chi connectivity index (χ2n) is 10.3. The van der Waals surface area contributed by atoms with Crippen molar-refractivity contribution in [1.29, 1.82) is 0 Å². The first-order chi connectivity index (χ1) is 18.8. The third-order valence-electron chi connectivity index (χ3n) is 5.74. The molecule has 0 bridgehead atoms. The number of aromatic nitrogens is 1. The van der Waals surface area contributed by atoms with Crippen LogP contribution < -0.4 is 4.74 Å². The van der Waals surface area contributed by atoms with Crippen molar-refractivity contribution < 1.29 is 37.0 Å². The van der Waals surface area contributed by atoms with Gasteiger partial charge < -0.3 is 19.5 Å². The highest BCUT2D eigenvalue weighted by Gasteiger charge is 2.26. The monoisotopic (exact) mass is 574 g/mol. The normalized spacial score (nSPS) is 11.8. The lowest BCUT2D eigenvalue weighted by atomic mass is 10.1. The van der Waals surface area contributed by atoms with Crippen molar-refractivity contribution in [3.63, 3.8) is 0 Å². The van der Waals surface area contributed by atoms with Crippen molar-refractivity contribution in [2.45, 2.75) is 57.1 Å². The van der Waals surface area contributed by atoms with Gasteiger partial charge in [-0.05, 0) is 69.5 Å². The molecule has 0 spiro atoms. The highest BCUT2D eigenvalue weighted by molar-refractivity contribution is 7.90. The Labute approximate surface area is 234 Å². The fourth-order valence-corrected chi connectivity index (χ4v) is 5.26. The molecule has 1 aromatic heterocycles. The molecule has 1 amide bonds. The molecule has 3 rings (SSSR count). The predicted molar refractivity (Wildman–Crippen MR) is 148 cm³/mol. The summed E-state index contributed by atoms with van der Waals surface area (Å²) in [5.41, 5.74) is -0.124. The maximum atomic E-state index is 14.8. The Morgan fingerprint density at radius 1 is 1.05 bits per heavy atom. The van der Waals surface area contributed by atoms with Crippen LogP contribution in [0.3, 0.4) is 0 Å². The molecular weight excluding hydrogens is 539 g/mol. The van der Waals surface area contributed by atoms with Gasteiger partial charge in [0, 0.05) is 37.9 Å². The minimum atomic E-state index is -4.25.